The Morgan fingerprint density at radius 3 is 2.83 bits per heavy atom. The van der Waals surface area contributed by atoms with E-state index < -0.39 is 0 Å². The van der Waals surface area contributed by atoms with Crippen LogP contribution in [0.2, 0.25) is 4.47 Å². The summed E-state index contributed by atoms with van der Waals surface area (Å²) in [4.78, 5) is 10.5. The summed E-state index contributed by atoms with van der Waals surface area (Å²) in [6.07, 6.45) is 1.75. The Kier molecular flexibility index (Phi) is 5.22. The molecule has 0 unspecified atom stereocenters. The molecule has 0 fully saturated rings. The van der Waals surface area contributed by atoms with Gasteiger partial charge in [-0.05, 0) is 19.4 Å². The van der Waals surface area contributed by atoms with E-state index in [9.17, 15) is 0 Å². The van der Waals surface area contributed by atoms with Gasteiger partial charge in [0.05, 0.1) is 12.2 Å². The van der Waals surface area contributed by atoms with E-state index in [1.54, 1.807) is 10.9 Å². The van der Waals surface area contributed by atoms with Crippen molar-refractivity contribution < 1.29 is 4.84 Å². The van der Waals surface area contributed by atoms with Gasteiger partial charge in [0.2, 0.25) is 0 Å². The van der Waals surface area contributed by atoms with Crippen LogP contribution >= 0.6 is 22.9 Å². The van der Waals surface area contributed by atoms with Crippen molar-refractivity contribution in [3.8, 4) is 0 Å². The van der Waals surface area contributed by atoms with Gasteiger partial charge in [0.15, 0.2) is 4.47 Å². The Morgan fingerprint density at radius 1 is 1.33 bits per heavy atom. The predicted octanol–water partition coefficient (Wildman–Crippen LogP) is 3.69. The molecule has 0 atom stereocenters. The van der Waals surface area contributed by atoms with Crippen molar-refractivity contribution in [3.05, 3.63) is 62.8 Å². The molecule has 0 N–H and O–H groups in total. The number of rotatable bonds is 6. The quantitative estimate of drug-likeness (QED) is 0.496. The van der Waals surface area contributed by atoms with Crippen molar-refractivity contribution in [2.75, 3.05) is 0 Å². The van der Waals surface area contributed by atoms with E-state index in [4.69, 9.17) is 16.4 Å². The van der Waals surface area contributed by atoms with Crippen LogP contribution in [0.4, 0.5) is 0 Å². The summed E-state index contributed by atoms with van der Waals surface area (Å²) in [6, 6.07) is 9.89. The molecule has 2 heterocycles. The first-order valence-corrected chi connectivity index (χ1v) is 8.54. The lowest BCUT2D eigenvalue weighted by atomic mass is 10.2. The van der Waals surface area contributed by atoms with Crippen LogP contribution in [-0.2, 0) is 18.0 Å². The Hall–Kier alpha value is -2.25. The SMILES string of the molecule is C/C(=N\OCc1ccccc1)c1nnn(Cc2cnc(Cl)s2)c1C. The van der Waals surface area contributed by atoms with Crippen molar-refractivity contribution in [1.29, 1.82) is 0 Å². The van der Waals surface area contributed by atoms with Crippen LogP contribution in [-0.4, -0.2) is 25.7 Å². The minimum Gasteiger partial charge on any atom is -0.391 e. The maximum atomic E-state index is 5.86. The van der Waals surface area contributed by atoms with Crippen LogP contribution in [0, 0.1) is 6.92 Å². The highest BCUT2D eigenvalue weighted by Crippen LogP contribution is 2.19. The van der Waals surface area contributed by atoms with E-state index in [1.807, 2.05) is 44.2 Å². The second-order valence-corrected chi connectivity index (χ2v) is 6.89. The van der Waals surface area contributed by atoms with E-state index in [2.05, 4.69) is 20.5 Å². The van der Waals surface area contributed by atoms with Gasteiger partial charge in [-0.15, -0.1) is 16.4 Å². The normalized spacial score (nSPS) is 11.7. The molecule has 2 aromatic heterocycles. The van der Waals surface area contributed by atoms with E-state index >= 15 is 0 Å². The fourth-order valence-electron chi connectivity index (χ4n) is 2.17. The highest BCUT2D eigenvalue weighted by atomic mass is 35.5. The fourth-order valence-corrected chi connectivity index (χ4v) is 3.13. The smallest absolute Gasteiger partial charge is 0.183 e. The first-order chi connectivity index (χ1) is 11.6. The predicted molar refractivity (Wildman–Crippen MR) is 94.4 cm³/mol. The van der Waals surface area contributed by atoms with E-state index in [0.717, 1.165) is 21.8 Å². The molecule has 0 saturated carbocycles. The summed E-state index contributed by atoms with van der Waals surface area (Å²) in [7, 11) is 0. The zero-order valence-corrected chi connectivity index (χ0v) is 14.9. The van der Waals surface area contributed by atoms with Crippen LogP contribution in [0.1, 0.15) is 28.8 Å². The van der Waals surface area contributed by atoms with Crippen molar-refractivity contribution in [2.45, 2.75) is 27.0 Å². The Balaban J connectivity index is 1.66. The molecule has 1 aromatic carbocycles. The zero-order valence-electron chi connectivity index (χ0n) is 13.3. The van der Waals surface area contributed by atoms with Crippen LogP contribution in [0.15, 0.2) is 41.7 Å². The number of aromatic nitrogens is 4. The molecule has 3 rings (SSSR count). The van der Waals surface area contributed by atoms with Gasteiger partial charge in [0.1, 0.15) is 18.0 Å². The monoisotopic (exact) mass is 361 g/mol. The van der Waals surface area contributed by atoms with Gasteiger partial charge in [-0.3, -0.25) is 0 Å². The van der Waals surface area contributed by atoms with Crippen LogP contribution in [0.25, 0.3) is 0 Å². The van der Waals surface area contributed by atoms with Crippen molar-refractivity contribution in [3.63, 3.8) is 0 Å². The maximum Gasteiger partial charge on any atom is 0.183 e. The highest BCUT2D eigenvalue weighted by Gasteiger charge is 2.13. The van der Waals surface area contributed by atoms with Crippen molar-refractivity contribution in [1.82, 2.24) is 20.0 Å². The molecular weight excluding hydrogens is 346 g/mol. The van der Waals surface area contributed by atoms with Crippen LogP contribution < -0.4 is 0 Å². The molecule has 0 saturated heterocycles. The number of thiazole rings is 1. The molecule has 0 aliphatic carbocycles. The minimum absolute atomic E-state index is 0.421. The topological polar surface area (TPSA) is 65.2 Å². The van der Waals surface area contributed by atoms with E-state index in [-0.39, 0.29) is 0 Å². The fraction of sp³-hybridized carbons (Fsp3) is 0.250. The molecule has 0 aliphatic rings. The molecule has 6 nitrogen and oxygen atoms in total. The Morgan fingerprint density at radius 2 is 2.12 bits per heavy atom. The van der Waals surface area contributed by atoms with E-state index in [1.165, 1.54) is 11.3 Å². The summed E-state index contributed by atoms with van der Waals surface area (Å²) in [5.41, 5.74) is 3.40. The van der Waals surface area contributed by atoms with Gasteiger partial charge in [-0.1, -0.05) is 52.3 Å². The van der Waals surface area contributed by atoms with Gasteiger partial charge >= 0.3 is 0 Å². The first-order valence-electron chi connectivity index (χ1n) is 7.34. The van der Waals surface area contributed by atoms with Gasteiger partial charge in [0.25, 0.3) is 0 Å². The van der Waals surface area contributed by atoms with Crippen LogP contribution in [0.3, 0.4) is 0 Å². The van der Waals surface area contributed by atoms with Crippen LogP contribution in [0.5, 0.6) is 0 Å². The second kappa shape index (κ2) is 7.55. The molecule has 8 heteroatoms. The number of halogens is 1. The molecule has 24 heavy (non-hydrogen) atoms. The average molecular weight is 362 g/mol. The third kappa shape index (κ3) is 3.98. The number of benzene rings is 1. The number of hydrogen-bond donors (Lipinski definition) is 0. The average Bonchev–Trinajstić information content (AvgIpc) is 3.15. The maximum absolute atomic E-state index is 5.86. The molecule has 0 spiro atoms. The first kappa shape index (κ1) is 16.6. The third-order valence-corrected chi connectivity index (χ3v) is 4.53. The standard InChI is InChI=1S/C16H16ClN5OS/c1-11(20-23-10-13-6-4-3-5-7-13)15-12(2)22(21-19-15)9-14-8-18-16(17)24-14/h3-8H,9-10H2,1-2H3/b20-11+. The van der Waals surface area contributed by atoms with Crippen molar-refractivity contribution >= 4 is 28.6 Å². The number of nitrogens with zero attached hydrogens (tertiary/aromatic N) is 5. The molecule has 0 radical (unpaired) electrons. The zero-order chi connectivity index (χ0) is 16.9. The number of hydrogen-bond acceptors (Lipinski definition) is 6. The second-order valence-electron chi connectivity index (χ2n) is 5.20. The third-order valence-electron chi connectivity index (χ3n) is 3.43. The summed E-state index contributed by atoms with van der Waals surface area (Å²) in [5.74, 6) is 0. The van der Waals surface area contributed by atoms with Gasteiger partial charge < -0.3 is 4.84 Å². The summed E-state index contributed by atoms with van der Waals surface area (Å²) >= 11 is 7.29. The van der Waals surface area contributed by atoms with Gasteiger partial charge in [-0.25, -0.2) is 9.67 Å². The lowest BCUT2D eigenvalue weighted by Crippen LogP contribution is -2.04. The van der Waals surface area contributed by atoms with Crippen molar-refractivity contribution in [2.24, 2.45) is 5.16 Å². The molecule has 0 amide bonds. The van der Waals surface area contributed by atoms with Gasteiger partial charge in [0, 0.05) is 11.1 Å². The minimum atomic E-state index is 0.421. The molecule has 0 aliphatic heterocycles. The molecule has 0 bridgehead atoms. The number of oxime groups is 1. The summed E-state index contributed by atoms with van der Waals surface area (Å²) < 4.78 is 2.32. The largest absolute Gasteiger partial charge is 0.391 e. The Bertz CT molecular complexity index is 843. The van der Waals surface area contributed by atoms with E-state index in [0.29, 0.717) is 23.3 Å². The summed E-state index contributed by atoms with van der Waals surface area (Å²) in [6.45, 7) is 4.82. The lowest BCUT2D eigenvalue weighted by Gasteiger charge is -2.03. The summed E-state index contributed by atoms with van der Waals surface area (Å²) in [5, 5.41) is 12.5. The highest BCUT2D eigenvalue weighted by molar-refractivity contribution is 7.15. The molecule has 124 valence electrons. The molecular formula is C16H16ClN5OS. The van der Waals surface area contributed by atoms with Gasteiger partial charge in [-0.2, -0.15) is 0 Å². The lowest BCUT2D eigenvalue weighted by molar-refractivity contribution is 0.130. The Labute approximate surface area is 148 Å². The molecule has 3 aromatic rings.